The zero-order chi connectivity index (χ0) is 14.4. The van der Waals surface area contributed by atoms with Gasteiger partial charge in [-0.05, 0) is 43.2 Å². The van der Waals surface area contributed by atoms with Crippen LogP contribution in [0.25, 0.3) is 0 Å². The van der Waals surface area contributed by atoms with Crippen LogP contribution in [0.3, 0.4) is 0 Å². The van der Waals surface area contributed by atoms with Gasteiger partial charge in [0, 0.05) is 6.20 Å². The van der Waals surface area contributed by atoms with Gasteiger partial charge in [-0.25, -0.2) is 0 Å². The highest BCUT2D eigenvalue weighted by atomic mass is 16.5. The molecular formula is C17H18N2O. The summed E-state index contributed by atoms with van der Waals surface area (Å²) in [6, 6.07) is 9.89. The van der Waals surface area contributed by atoms with Crippen LogP contribution in [0.4, 0.5) is 0 Å². The van der Waals surface area contributed by atoms with Gasteiger partial charge in [-0.1, -0.05) is 24.0 Å². The lowest BCUT2D eigenvalue weighted by atomic mass is 10.1. The van der Waals surface area contributed by atoms with E-state index in [0.29, 0.717) is 13.2 Å². The third-order valence-electron chi connectivity index (χ3n) is 2.94. The van der Waals surface area contributed by atoms with Gasteiger partial charge in [0.2, 0.25) is 0 Å². The summed E-state index contributed by atoms with van der Waals surface area (Å²) in [4.78, 5) is 4.32. The summed E-state index contributed by atoms with van der Waals surface area (Å²) in [6.07, 6.45) is 1.77. The lowest BCUT2D eigenvalue weighted by Crippen LogP contribution is -2.02. The van der Waals surface area contributed by atoms with E-state index in [0.717, 1.165) is 28.1 Å². The second-order valence-electron chi connectivity index (χ2n) is 4.56. The van der Waals surface area contributed by atoms with Crippen LogP contribution < -0.4 is 10.5 Å². The zero-order valence-electron chi connectivity index (χ0n) is 11.8. The quantitative estimate of drug-likeness (QED) is 0.869. The van der Waals surface area contributed by atoms with Gasteiger partial charge in [-0.3, -0.25) is 4.98 Å². The zero-order valence-corrected chi connectivity index (χ0v) is 11.8. The SMILES string of the molecule is Cc1ccc(OCc2ncccc2C)c(C#CCN)c1. The lowest BCUT2D eigenvalue weighted by molar-refractivity contribution is 0.299. The van der Waals surface area contributed by atoms with Crippen molar-refractivity contribution < 1.29 is 4.74 Å². The third-order valence-corrected chi connectivity index (χ3v) is 2.94. The van der Waals surface area contributed by atoms with E-state index < -0.39 is 0 Å². The summed E-state index contributed by atoms with van der Waals surface area (Å²) >= 11 is 0. The van der Waals surface area contributed by atoms with Crippen molar-refractivity contribution in [1.29, 1.82) is 0 Å². The summed E-state index contributed by atoms with van der Waals surface area (Å²) in [5.41, 5.74) is 9.49. The minimum atomic E-state index is 0.340. The van der Waals surface area contributed by atoms with Gasteiger partial charge >= 0.3 is 0 Å². The van der Waals surface area contributed by atoms with Crippen LogP contribution >= 0.6 is 0 Å². The molecule has 0 aliphatic heterocycles. The van der Waals surface area contributed by atoms with Gasteiger partial charge in [0.25, 0.3) is 0 Å². The van der Waals surface area contributed by atoms with E-state index in [2.05, 4.69) is 16.8 Å². The molecule has 1 aromatic heterocycles. The molecule has 0 bridgehead atoms. The molecule has 0 aliphatic carbocycles. The van der Waals surface area contributed by atoms with Gasteiger partial charge in [-0.2, -0.15) is 0 Å². The Balaban J connectivity index is 2.19. The molecule has 2 N–H and O–H groups in total. The molecule has 102 valence electrons. The van der Waals surface area contributed by atoms with Crippen molar-refractivity contribution in [2.75, 3.05) is 6.54 Å². The fourth-order valence-corrected chi connectivity index (χ4v) is 1.83. The third kappa shape index (κ3) is 3.59. The first-order valence-corrected chi connectivity index (χ1v) is 6.53. The molecule has 0 saturated carbocycles. The molecule has 3 heteroatoms. The maximum Gasteiger partial charge on any atom is 0.135 e. The molecular weight excluding hydrogens is 248 g/mol. The average molecular weight is 266 g/mol. The Bertz CT molecular complexity index is 654. The fraction of sp³-hybridized carbons (Fsp3) is 0.235. The predicted octanol–water partition coefficient (Wildman–Crippen LogP) is 2.59. The number of aromatic nitrogens is 1. The van der Waals surface area contributed by atoms with E-state index in [4.69, 9.17) is 10.5 Å². The first-order valence-electron chi connectivity index (χ1n) is 6.53. The normalized spacial score (nSPS) is 9.75. The second kappa shape index (κ2) is 6.74. The van der Waals surface area contributed by atoms with Gasteiger partial charge < -0.3 is 10.5 Å². The summed E-state index contributed by atoms with van der Waals surface area (Å²) in [5, 5.41) is 0. The maximum atomic E-state index is 5.85. The average Bonchev–Trinajstić information content (AvgIpc) is 2.45. The topological polar surface area (TPSA) is 48.1 Å². The van der Waals surface area contributed by atoms with Gasteiger partial charge in [0.05, 0.1) is 17.8 Å². The van der Waals surface area contributed by atoms with E-state index in [9.17, 15) is 0 Å². The van der Waals surface area contributed by atoms with Crippen LogP contribution in [0.2, 0.25) is 0 Å². The van der Waals surface area contributed by atoms with E-state index >= 15 is 0 Å². The summed E-state index contributed by atoms with van der Waals surface area (Å²) in [7, 11) is 0. The van der Waals surface area contributed by atoms with E-state index in [1.165, 1.54) is 0 Å². The molecule has 0 fully saturated rings. The predicted molar refractivity (Wildman–Crippen MR) is 80.4 cm³/mol. The van der Waals surface area contributed by atoms with E-state index in [1.54, 1.807) is 6.20 Å². The highest BCUT2D eigenvalue weighted by Gasteiger charge is 2.04. The van der Waals surface area contributed by atoms with Crippen molar-refractivity contribution in [3.63, 3.8) is 0 Å². The lowest BCUT2D eigenvalue weighted by Gasteiger charge is -2.10. The molecule has 2 rings (SSSR count). The van der Waals surface area contributed by atoms with Crippen molar-refractivity contribution in [2.45, 2.75) is 20.5 Å². The van der Waals surface area contributed by atoms with Crippen LogP contribution in [0.1, 0.15) is 22.4 Å². The molecule has 0 unspecified atom stereocenters. The van der Waals surface area contributed by atoms with E-state index in [-0.39, 0.29) is 0 Å². The monoisotopic (exact) mass is 266 g/mol. The molecule has 0 spiro atoms. The molecule has 0 aliphatic rings. The van der Waals surface area contributed by atoms with Crippen molar-refractivity contribution in [3.05, 3.63) is 58.9 Å². The smallest absolute Gasteiger partial charge is 0.135 e. The van der Waals surface area contributed by atoms with Crippen molar-refractivity contribution >= 4 is 0 Å². The molecule has 0 atom stereocenters. The Morgan fingerprint density at radius 3 is 2.85 bits per heavy atom. The minimum Gasteiger partial charge on any atom is -0.486 e. The molecule has 0 radical (unpaired) electrons. The van der Waals surface area contributed by atoms with Gasteiger partial charge in [0.1, 0.15) is 12.4 Å². The second-order valence-corrected chi connectivity index (χ2v) is 4.56. The molecule has 1 aromatic carbocycles. The number of rotatable bonds is 3. The van der Waals surface area contributed by atoms with Crippen LogP contribution in [-0.2, 0) is 6.61 Å². The Hall–Kier alpha value is -2.31. The first-order chi connectivity index (χ1) is 9.70. The number of nitrogens with two attached hydrogens (primary N) is 1. The number of ether oxygens (including phenoxy) is 1. The van der Waals surface area contributed by atoms with Crippen molar-refractivity contribution in [3.8, 4) is 17.6 Å². The number of pyridine rings is 1. The molecule has 0 amide bonds. The molecule has 20 heavy (non-hydrogen) atoms. The standard InChI is InChI=1S/C17H18N2O/c1-13-7-8-17(15(11-13)6-3-9-18)20-12-16-14(2)5-4-10-19-16/h4-5,7-8,10-11H,9,12,18H2,1-2H3. The first kappa shape index (κ1) is 14.1. The fourth-order valence-electron chi connectivity index (χ4n) is 1.83. The number of benzene rings is 1. The van der Waals surface area contributed by atoms with Gasteiger partial charge in [0.15, 0.2) is 0 Å². The number of aryl methyl sites for hydroxylation is 2. The highest BCUT2D eigenvalue weighted by molar-refractivity contribution is 5.48. The van der Waals surface area contributed by atoms with Crippen LogP contribution in [0.15, 0.2) is 36.5 Å². The number of hydrogen-bond donors (Lipinski definition) is 1. The number of nitrogens with zero attached hydrogens (tertiary/aromatic N) is 1. The summed E-state index contributed by atoms with van der Waals surface area (Å²) in [5.74, 6) is 6.67. The maximum absolute atomic E-state index is 5.85. The van der Waals surface area contributed by atoms with Crippen LogP contribution in [-0.4, -0.2) is 11.5 Å². The van der Waals surface area contributed by atoms with Crippen LogP contribution in [0, 0.1) is 25.7 Å². The Kier molecular flexibility index (Phi) is 4.75. The molecule has 0 saturated heterocycles. The summed E-state index contributed by atoms with van der Waals surface area (Å²) in [6.45, 7) is 4.83. The van der Waals surface area contributed by atoms with Gasteiger partial charge in [-0.15, -0.1) is 0 Å². The van der Waals surface area contributed by atoms with Crippen molar-refractivity contribution in [2.24, 2.45) is 5.73 Å². The van der Waals surface area contributed by atoms with Crippen molar-refractivity contribution in [1.82, 2.24) is 4.98 Å². The highest BCUT2D eigenvalue weighted by Crippen LogP contribution is 2.20. The molecule has 2 aromatic rings. The Morgan fingerprint density at radius 2 is 2.10 bits per heavy atom. The van der Waals surface area contributed by atoms with E-state index in [1.807, 2.05) is 44.2 Å². The number of hydrogen-bond acceptors (Lipinski definition) is 3. The Morgan fingerprint density at radius 1 is 1.25 bits per heavy atom. The largest absolute Gasteiger partial charge is 0.486 e. The molecule has 1 heterocycles. The Labute approximate surface area is 119 Å². The minimum absolute atomic E-state index is 0.340. The summed E-state index contributed by atoms with van der Waals surface area (Å²) < 4.78 is 5.85. The van der Waals surface area contributed by atoms with Crippen LogP contribution in [0.5, 0.6) is 5.75 Å². The molecule has 3 nitrogen and oxygen atoms in total.